The molecule has 7 amide bonds. The van der Waals surface area contributed by atoms with E-state index in [0.717, 1.165) is 16.5 Å². The van der Waals surface area contributed by atoms with Gasteiger partial charge in [0.25, 0.3) is 0 Å². The quantitative estimate of drug-likeness (QED) is 0.0179. The van der Waals surface area contributed by atoms with Crippen molar-refractivity contribution in [2.45, 2.75) is 122 Å². The van der Waals surface area contributed by atoms with Crippen LogP contribution in [0.3, 0.4) is 0 Å². The highest BCUT2D eigenvalue weighted by molar-refractivity contribution is 5.99. The number of ketones is 4. The van der Waals surface area contributed by atoms with E-state index in [1.165, 1.54) is 33.0 Å². The minimum atomic E-state index is -1.57. The molecule has 3 aromatic carbocycles. The van der Waals surface area contributed by atoms with Crippen molar-refractivity contribution in [1.29, 1.82) is 0 Å². The first-order valence-electron chi connectivity index (χ1n) is 26.6. The summed E-state index contributed by atoms with van der Waals surface area (Å²) in [6, 6.07) is 15.8. The highest BCUT2D eigenvalue weighted by atomic mass is 16.3. The van der Waals surface area contributed by atoms with E-state index in [1.807, 2.05) is 38.1 Å². The van der Waals surface area contributed by atoms with Crippen LogP contribution in [0.5, 0.6) is 5.75 Å². The number of aliphatic hydroxyl groups excluding tert-OH is 1. The molecular formula is C57H77N11O12. The number of aliphatic hydroxyl groups is 1. The van der Waals surface area contributed by atoms with Crippen LogP contribution in [0.25, 0.3) is 10.9 Å². The summed E-state index contributed by atoms with van der Waals surface area (Å²) in [5.74, 6) is -9.99. The molecule has 8 atom stereocenters. The van der Waals surface area contributed by atoms with Gasteiger partial charge in [0.05, 0.1) is 43.1 Å². The third-order valence-electron chi connectivity index (χ3n) is 13.4. The molecule has 80 heavy (non-hydrogen) atoms. The van der Waals surface area contributed by atoms with Gasteiger partial charge in [-0.25, -0.2) is 4.79 Å². The van der Waals surface area contributed by atoms with Gasteiger partial charge in [0, 0.05) is 68.2 Å². The molecule has 4 rings (SSSR count). The van der Waals surface area contributed by atoms with Crippen molar-refractivity contribution in [2.75, 3.05) is 20.1 Å². The Morgan fingerprint density at radius 1 is 0.625 bits per heavy atom. The number of guanidine groups is 1. The number of hydrogen-bond donors (Lipinski definition) is 12. The summed E-state index contributed by atoms with van der Waals surface area (Å²) in [6.45, 7) is 5.81. The molecule has 0 bridgehead atoms. The molecule has 0 saturated heterocycles. The zero-order valence-corrected chi connectivity index (χ0v) is 45.9. The Hall–Kier alpha value is -8.47. The summed E-state index contributed by atoms with van der Waals surface area (Å²) >= 11 is 0. The monoisotopic (exact) mass is 1110 g/mol. The van der Waals surface area contributed by atoms with Gasteiger partial charge in [-0.1, -0.05) is 74.5 Å². The third-order valence-corrected chi connectivity index (χ3v) is 13.4. The van der Waals surface area contributed by atoms with Crippen molar-refractivity contribution in [3.8, 4) is 5.75 Å². The number of benzene rings is 3. The molecule has 0 saturated carbocycles. The van der Waals surface area contributed by atoms with Crippen molar-refractivity contribution < 1.29 is 58.2 Å². The Bertz CT molecular complexity index is 2820. The number of hydrogen-bond acceptors (Lipinski definition) is 13. The second-order valence-corrected chi connectivity index (χ2v) is 20.5. The van der Waals surface area contributed by atoms with Crippen LogP contribution in [0.2, 0.25) is 0 Å². The number of para-hydroxylation sites is 1. The summed E-state index contributed by atoms with van der Waals surface area (Å²) in [7, 11) is 1.50. The lowest BCUT2D eigenvalue weighted by Gasteiger charge is -2.26. The van der Waals surface area contributed by atoms with Gasteiger partial charge in [0.2, 0.25) is 29.5 Å². The number of aromatic amines is 1. The van der Waals surface area contributed by atoms with Gasteiger partial charge >= 0.3 is 6.03 Å². The maximum Gasteiger partial charge on any atom is 0.315 e. The molecule has 0 fully saturated rings. The van der Waals surface area contributed by atoms with Crippen LogP contribution in [-0.2, 0) is 62.4 Å². The van der Waals surface area contributed by atoms with E-state index in [4.69, 9.17) is 17.2 Å². The molecule has 0 aliphatic heterocycles. The predicted octanol–water partition coefficient (Wildman–Crippen LogP) is 1.44. The first-order valence-corrected chi connectivity index (χ1v) is 26.6. The Kier molecular flexibility index (Phi) is 25.5. The molecule has 1 heterocycles. The number of Topliss-reactive ketones (excluding diaryl/α,β-unsaturated/α-hetero) is 4. The van der Waals surface area contributed by atoms with Gasteiger partial charge in [-0.05, 0) is 86.8 Å². The van der Waals surface area contributed by atoms with Gasteiger partial charge in [-0.3, -0.25) is 43.3 Å². The smallest absolute Gasteiger partial charge is 0.315 e. The van der Waals surface area contributed by atoms with Crippen LogP contribution < -0.4 is 49.1 Å². The number of fused-ring (bicyclic) bond motifs is 1. The summed E-state index contributed by atoms with van der Waals surface area (Å²) in [5.41, 5.74) is 19.8. The van der Waals surface area contributed by atoms with Crippen molar-refractivity contribution in [3.05, 3.63) is 102 Å². The normalized spacial score (nSPS) is 14.5. The molecule has 4 aromatic rings. The van der Waals surface area contributed by atoms with E-state index in [9.17, 15) is 58.2 Å². The molecule has 432 valence electrons. The van der Waals surface area contributed by atoms with Crippen LogP contribution >= 0.6 is 0 Å². The number of aromatic hydroxyl groups is 1. The van der Waals surface area contributed by atoms with E-state index >= 15 is 0 Å². The number of urea groups is 1. The maximum atomic E-state index is 14.2. The number of carbonyl (C=O) groups is 10. The van der Waals surface area contributed by atoms with E-state index < -0.39 is 120 Å². The molecular weight excluding hydrogens is 1030 g/mol. The molecule has 0 spiro atoms. The van der Waals surface area contributed by atoms with Gasteiger partial charge in [0.1, 0.15) is 17.6 Å². The van der Waals surface area contributed by atoms with Gasteiger partial charge in [0.15, 0.2) is 23.3 Å². The first-order chi connectivity index (χ1) is 37.9. The van der Waals surface area contributed by atoms with E-state index in [-0.39, 0.29) is 68.4 Å². The van der Waals surface area contributed by atoms with Crippen LogP contribution in [0.15, 0.2) is 90.1 Å². The van der Waals surface area contributed by atoms with E-state index in [2.05, 4.69) is 41.9 Å². The van der Waals surface area contributed by atoms with Crippen molar-refractivity contribution >= 4 is 75.6 Å². The lowest BCUT2D eigenvalue weighted by molar-refractivity contribution is -0.137. The fraction of sp³-hybridized carbons (Fsp3) is 0.456. The fourth-order valence-corrected chi connectivity index (χ4v) is 9.10. The number of H-pyrrole nitrogens is 1. The minimum absolute atomic E-state index is 0.0175. The Morgan fingerprint density at radius 3 is 1.86 bits per heavy atom. The first kappa shape index (κ1) is 64.1. The second-order valence-electron chi connectivity index (χ2n) is 20.5. The Balaban J connectivity index is 1.48. The maximum absolute atomic E-state index is 14.2. The largest absolute Gasteiger partial charge is 0.508 e. The number of nitrogens with two attached hydrogens (primary N) is 3. The number of nitrogens with one attached hydrogen (secondary N) is 7. The van der Waals surface area contributed by atoms with Crippen LogP contribution in [0.1, 0.15) is 89.3 Å². The molecule has 23 nitrogen and oxygen atoms in total. The summed E-state index contributed by atoms with van der Waals surface area (Å²) in [4.78, 5) is 142. The lowest BCUT2D eigenvalue weighted by atomic mass is 9.90. The number of aliphatic imine (C=N–C) groups is 1. The van der Waals surface area contributed by atoms with Gasteiger partial charge in [-0.2, -0.15) is 0 Å². The summed E-state index contributed by atoms with van der Waals surface area (Å²) in [6.07, 6.45) is -1.12. The molecule has 0 aliphatic carbocycles. The lowest BCUT2D eigenvalue weighted by Crippen LogP contribution is -2.53. The fourth-order valence-electron chi connectivity index (χ4n) is 9.10. The predicted molar refractivity (Wildman–Crippen MR) is 299 cm³/mol. The van der Waals surface area contributed by atoms with Crippen molar-refractivity contribution in [2.24, 2.45) is 45.9 Å². The van der Waals surface area contributed by atoms with Crippen LogP contribution in [0.4, 0.5) is 4.79 Å². The number of carbonyl (C=O) groups excluding carboxylic acids is 10. The SMILES string of the molecule is CN=C(N)NCCC[C@H](CC(=O)[C@H](CC(C)C)NC(=O)NCC(=O)[C@H](Cc1ccccc1)NC(=O)[C@@H](CC(=O)[C@H](CC(N)=O)NC(=O)[C@H](CC(C)=O)Cc1ccc(O)cc1)[C@@H](C)O)C(=O)N[C@@H](Cc1c[nH]c2ccccc12)C(N)=O. The molecule has 0 unspecified atom stereocenters. The average molecular weight is 1110 g/mol. The topological polar surface area (TPSA) is 390 Å². The van der Waals surface area contributed by atoms with Crippen molar-refractivity contribution in [3.63, 3.8) is 0 Å². The molecule has 1 aromatic heterocycles. The standard InChI is InChI=1S/C57H77N11O12/c1-32(2)22-44(48(72)27-37(14-11-21-62-56(60)61-5)53(77)67-47(52(59)76)26-39-30-63-43-16-10-9-15-41(39)43)68-57(80)64-31-50(74)45(25-35-12-7-6-8-13-35)66-55(79)42(34(4)70)28-49(73)46(29-51(58)75)65-54(78)38(23-33(3)69)24-36-17-19-40(71)20-18-36/h6-10,12-13,15-20,30,32,34,37-38,42,44-47,63,70-71H,11,14,21-29,31H2,1-5H3,(H2,58,75)(H2,59,76)(H,65,78)(H,66,79)(H,67,77)(H3,60,61,62)(H2,64,68,80)/t34-,37-,38-,42+,44+,45+,46+,47+/m1/s1. The Morgan fingerprint density at radius 2 is 1.24 bits per heavy atom. The Labute approximate surface area is 464 Å². The zero-order chi connectivity index (χ0) is 59.1. The zero-order valence-electron chi connectivity index (χ0n) is 45.9. The number of phenols is 1. The van der Waals surface area contributed by atoms with Crippen LogP contribution in [-0.4, -0.2) is 130 Å². The van der Waals surface area contributed by atoms with E-state index in [1.54, 1.807) is 48.7 Å². The number of nitrogens with zero attached hydrogens (tertiary/aromatic N) is 1. The molecule has 0 aliphatic rings. The van der Waals surface area contributed by atoms with Crippen molar-refractivity contribution in [1.82, 2.24) is 36.9 Å². The molecule has 15 N–H and O–H groups in total. The molecule has 23 heteroatoms. The van der Waals surface area contributed by atoms with Gasteiger partial charge in [-0.15, -0.1) is 0 Å². The highest BCUT2D eigenvalue weighted by Crippen LogP contribution is 2.23. The number of aromatic nitrogens is 1. The molecule has 0 radical (unpaired) electrons. The second kappa shape index (κ2) is 31.8. The van der Waals surface area contributed by atoms with Crippen LogP contribution in [0, 0.1) is 23.7 Å². The third kappa shape index (κ3) is 21.4. The highest BCUT2D eigenvalue weighted by Gasteiger charge is 2.36. The summed E-state index contributed by atoms with van der Waals surface area (Å²) < 4.78 is 0. The van der Waals surface area contributed by atoms with Gasteiger partial charge < -0.3 is 69.1 Å². The minimum Gasteiger partial charge on any atom is -0.508 e. The average Bonchev–Trinajstić information content (AvgIpc) is 3.86. The number of amides is 7. The number of primary amides is 2. The summed E-state index contributed by atoms with van der Waals surface area (Å²) in [5, 5.41) is 37.3. The number of phenolic OH excluding ortho intramolecular Hbond substituents is 1. The van der Waals surface area contributed by atoms with E-state index in [0.29, 0.717) is 24.1 Å². The number of rotatable bonds is 34.